The first-order valence-corrected chi connectivity index (χ1v) is 3.45. The second-order valence-electron chi connectivity index (χ2n) is 1.81. The normalized spacial score (nSPS) is 30.6. The summed E-state index contributed by atoms with van der Waals surface area (Å²) in [7, 11) is 0. The molecule has 0 amide bonds. The molecule has 1 atom stereocenters. The maximum atomic E-state index is 4.27. The van der Waals surface area contributed by atoms with Gasteiger partial charge in [0.1, 0.15) is 0 Å². The van der Waals surface area contributed by atoms with E-state index in [1.807, 2.05) is 11.8 Å². The topological polar surface area (TPSA) is 12.4 Å². The molecule has 0 saturated carbocycles. The summed E-state index contributed by atoms with van der Waals surface area (Å²) in [5.74, 6) is 1.19. The molecule has 1 rings (SSSR count). The molecular formula is C5H9NS. The SMILES string of the molecule is CC1=NC(C)CS1. The van der Waals surface area contributed by atoms with Crippen molar-refractivity contribution in [2.75, 3.05) is 5.75 Å². The number of rotatable bonds is 0. The number of hydrogen-bond donors (Lipinski definition) is 0. The van der Waals surface area contributed by atoms with Crippen molar-refractivity contribution in [1.82, 2.24) is 0 Å². The van der Waals surface area contributed by atoms with Gasteiger partial charge in [-0.2, -0.15) is 0 Å². The minimum Gasteiger partial charge on any atom is -0.279 e. The Labute approximate surface area is 48.2 Å². The molecule has 1 aliphatic rings. The van der Waals surface area contributed by atoms with E-state index in [2.05, 4.69) is 18.8 Å². The highest BCUT2D eigenvalue weighted by atomic mass is 32.2. The summed E-state index contributed by atoms with van der Waals surface area (Å²) in [5, 5.41) is 1.24. The van der Waals surface area contributed by atoms with Crippen molar-refractivity contribution in [2.24, 2.45) is 4.99 Å². The van der Waals surface area contributed by atoms with Crippen molar-refractivity contribution in [3.63, 3.8) is 0 Å². The van der Waals surface area contributed by atoms with Crippen LogP contribution in [0.1, 0.15) is 13.8 Å². The quantitative estimate of drug-likeness (QED) is 0.466. The zero-order chi connectivity index (χ0) is 5.28. The molecule has 40 valence electrons. The molecule has 0 spiro atoms. The van der Waals surface area contributed by atoms with Crippen molar-refractivity contribution in [3.8, 4) is 0 Å². The van der Waals surface area contributed by atoms with Gasteiger partial charge >= 0.3 is 0 Å². The fraction of sp³-hybridized carbons (Fsp3) is 0.800. The Hall–Kier alpha value is 0.0200. The van der Waals surface area contributed by atoms with Crippen LogP contribution in [0.25, 0.3) is 0 Å². The summed E-state index contributed by atoms with van der Waals surface area (Å²) in [4.78, 5) is 4.27. The van der Waals surface area contributed by atoms with Crippen LogP contribution in [0.15, 0.2) is 4.99 Å². The Bertz CT molecular complexity index is 98.3. The van der Waals surface area contributed by atoms with Crippen LogP contribution >= 0.6 is 11.8 Å². The van der Waals surface area contributed by atoms with Crippen LogP contribution in [0.2, 0.25) is 0 Å². The summed E-state index contributed by atoms with van der Waals surface area (Å²) in [5.41, 5.74) is 0. The predicted octanol–water partition coefficient (Wildman–Crippen LogP) is 1.54. The maximum Gasteiger partial charge on any atom is 0.0649 e. The molecule has 1 heterocycles. The molecule has 2 heteroatoms. The first-order chi connectivity index (χ1) is 3.29. The van der Waals surface area contributed by atoms with Gasteiger partial charge in [0.15, 0.2) is 0 Å². The van der Waals surface area contributed by atoms with E-state index in [4.69, 9.17) is 0 Å². The summed E-state index contributed by atoms with van der Waals surface area (Å²) in [6.45, 7) is 4.21. The maximum absolute atomic E-state index is 4.27. The molecule has 0 aromatic heterocycles. The van der Waals surface area contributed by atoms with Crippen LogP contribution in [0, 0.1) is 0 Å². The van der Waals surface area contributed by atoms with Gasteiger partial charge in [0, 0.05) is 5.75 Å². The minimum absolute atomic E-state index is 0.574. The van der Waals surface area contributed by atoms with E-state index in [0.717, 1.165) is 0 Å². The lowest BCUT2D eigenvalue weighted by molar-refractivity contribution is 0.865. The standard InChI is InChI=1S/C5H9NS/c1-4-3-7-5(2)6-4/h4H,3H2,1-2H3. The number of nitrogens with zero attached hydrogens (tertiary/aromatic N) is 1. The van der Waals surface area contributed by atoms with Crippen molar-refractivity contribution in [1.29, 1.82) is 0 Å². The van der Waals surface area contributed by atoms with Crippen molar-refractivity contribution in [3.05, 3.63) is 0 Å². The molecule has 0 aromatic carbocycles. The van der Waals surface area contributed by atoms with Gasteiger partial charge in [-0.3, -0.25) is 4.99 Å². The van der Waals surface area contributed by atoms with Gasteiger partial charge in [0.2, 0.25) is 0 Å². The molecule has 0 saturated heterocycles. The summed E-state index contributed by atoms with van der Waals surface area (Å²) >= 11 is 1.86. The molecule has 1 unspecified atom stereocenters. The van der Waals surface area contributed by atoms with Crippen molar-refractivity contribution < 1.29 is 0 Å². The molecule has 7 heavy (non-hydrogen) atoms. The molecule has 1 aliphatic heterocycles. The van der Waals surface area contributed by atoms with E-state index in [1.54, 1.807) is 0 Å². The molecule has 1 nitrogen and oxygen atoms in total. The van der Waals surface area contributed by atoms with E-state index >= 15 is 0 Å². The Morgan fingerprint density at radius 2 is 2.57 bits per heavy atom. The van der Waals surface area contributed by atoms with Crippen LogP contribution in [-0.4, -0.2) is 16.8 Å². The highest BCUT2D eigenvalue weighted by Crippen LogP contribution is 2.15. The zero-order valence-corrected chi connectivity index (χ0v) is 5.46. The van der Waals surface area contributed by atoms with Gasteiger partial charge in [-0.15, -0.1) is 11.8 Å². The monoisotopic (exact) mass is 115 g/mol. The summed E-state index contributed by atoms with van der Waals surface area (Å²) in [6, 6.07) is 0.574. The van der Waals surface area contributed by atoms with Crippen LogP contribution in [0.4, 0.5) is 0 Å². The Morgan fingerprint density at radius 1 is 1.86 bits per heavy atom. The van der Waals surface area contributed by atoms with E-state index < -0.39 is 0 Å². The Balaban J connectivity index is 2.50. The smallest absolute Gasteiger partial charge is 0.0649 e. The first-order valence-electron chi connectivity index (χ1n) is 2.46. The Kier molecular flexibility index (Phi) is 1.38. The van der Waals surface area contributed by atoms with Gasteiger partial charge in [0.25, 0.3) is 0 Å². The van der Waals surface area contributed by atoms with Gasteiger partial charge in [-0.05, 0) is 13.8 Å². The summed E-state index contributed by atoms with van der Waals surface area (Å²) in [6.07, 6.45) is 0. The Morgan fingerprint density at radius 3 is 2.71 bits per heavy atom. The lowest BCUT2D eigenvalue weighted by Crippen LogP contribution is -1.92. The molecule has 0 radical (unpaired) electrons. The second kappa shape index (κ2) is 1.86. The lowest BCUT2D eigenvalue weighted by atomic mass is 10.4. The van der Waals surface area contributed by atoms with E-state index in [1.165, 1.54) is 10.8 Å². The first kappa shape index (κ1) is 5.16. The average molecular weight is 115 g/mol. The molecule has 0 aliphatic carbocycles. The van der Waals surface area contributed by atoms with E-state index in [9.17, 15) is 0 Å². The summed E-state index contributed by atoms with van der Waals surface area (Å²) < 4.78 is 0. The molecular weight excluding hydrogens is 106 g/mol. The number of thioether (sulfide) groups is 1. The van der Waals surface area contributed by atoms with Crippen molar-refractivity contribution in [2.45, 2.75) is 19.9 Å². The fourth-order valence-electron chi connectivity index (χ4n) is 0.626. The van der Waals surface area contributed by atoms with Crippen LogP contribution in [0.5, 0.6) is 0 Å². The van der Waals surface area contributed by atoms with Gasteiger partial charge in [-0.1, -0.05) is 0 Å². The lowest BCUT2D eigenvalue weighted by Gasteiger charge is -1.87. The highest BCUT2D eigenvalue weighted by molar-refractivity contribution is 8.14. The molecule has 0 fully saturated rings. The third-order valence-electron chi connectivity index (χ3n) is 0.936. The average Bonchev–Trinajstić information content (AvgIpc) is 1.87. The minimum atomic E-state index is 0.574. The van der Waals surface area contributed by atoms with Gasteiger partial charge in [0.05, 0.1) is 11.1 Å². The third kappa shape index (κ3) is 1.20. The van der Waals surface area contributed by atoms with Crippen LogP contribution in [-0.2, 0) is 0 Å². The van der Waals surface area contributed by atoms with Crippen molar-refractivity contribution >= 4 is 16.8 Å². The predicted molar refractivity (Wildman–Crippen MR) is 35.0 cm³/mol. The zero-order valence-electron chi connectivity index (χ0n) is 4.64. The number of hydrogen-bond acceptors (Lipinski definition) is 2. The fourth-order valence-corrected chi connectivity index (χ4v) is 1.44. The molecule has 0 N–H and O–H groups in total. The largest absolute Gasteiger partial charge is 0.279 e. The number of aliphatic imine (C=N–C) groups is 1. The highest BCUT2D eigenvalue weighted by Gasteiger charge is 2.07. The van der Waals surface area contributed by atoms with E-state index in [0.29, 0.717) is 6.04 Å². The molecule has 0 aromatic rings. The second-order valence-corrected chi connectivity index (χ2v) is 3.02. The molecule has 0 bridgehead atoms. The van der Waals surface area contributed by atoms with Gasteiger partial charge in [-0.25, -0.2) is 0 Å². The van der Waals surface area contributed by atoms with Gasteiger partial charge < -0.3 is 0 Å². The van der Waals surface area contributed by atoms with Crippen LogP contribution < -0.4 is 0 Å². The van der Waals surface area contributed by atoms with E-state index in [-0.39, 0.29) is 0 Å². The third-order valence-corrected chi connectivity index (χ3v) is 2.11. The van der Waals surface area contributed by atoms with Crippen LogP contribution in [0.3, 0.4) is 0 Å².